The summed E-state index contributed by atoms with van der Waals surface area (Å²) in [4.78, 5) is -1.05. The average Bonchev–Trinajstić information content (AvgIpc) is 2.14. The van der Waals surface area contributed by atoms with E-state index in [1.807, 2.05) is 30.3 Å². The van der Waals surface area contributed by atoms with E-state index in [1.54, 1.807) is 0 Å². The van der Waals surface area contributed by atoms with Gasteiger partial charge in [0.1, 0.15) is 4.92 Å². The van der Waals surface area contributed by atoms with Crippen LogP contribution in [0.4, 0.5) is 4.39 Å². The fourth-order valence-electron chi connectivity index (χ4n) is 2.66. The summed E-state index contributed by atoms with van der Waals surface area (Å²) in [6, 6.07) is 9.76. The van der Waals surface area contributed by atoms with Crippen LogP contribution in [-0.2, 0) is 4.92 Å². The Morgan fingerprint density at radius 1 is 0.812 bits per heavy atom. The second kappa shape index (κ2) is 4.11. The Kier molecular flexibility index (Phi) is 3.51. The first kappa shape index (κ1) is 13.6. The molecule has 3 heteroatoms. The third-order valence-corrected chi connectivity index (χ3v) is 12.4. The van der Waals surface area contributed by atoms with Crippen molar-refractivity contribution in [3.8, 4) is 0 Å². The van der Waals surface area contributed by atoms with Crippen LogP contribution in [-0.4, -0.2) is 16.1 Å². The molecule has 0 bridgehead atoms. The minimum absolute atomic E-state index is 0.897. The highest BCUT2D eigenvalue weighted by molar-refractivity contribution is 6.97. The topological polar surface area (TPSA) is 0 Å². The molecule has 0 N–H and O–H groups in total. The summed E-state index contributed by atoms with van der Waals surface area (Å²) in [6.45, 7) is 12.8. The number of hydrogen-bond acceptors (Lipinski definition) is 0. The Morgan fingerprint density at radius 3 is 1.50 bits per heavy atom. The highest BCUT2D eigenvalue weighted by atomic mass is 28.4. The number of rotatable bonds is 3. The molecule has 0 unspecified atom stereocenters. The molecule has 0 heterocycles. The largest absolute Gasteiger partial charge is 0.247 e. The van der Waals surface area contributed by atoms with Gasteiger partial charge in [0.05, 0.1) is 16.1 Å². The van der Waals surface area contributed by atoms with Crippen molar-refractivity contribution in [2.75, 3.05) is 0 Å². The molecular formula is C13H23FSi2. The summed E-state index contributed by atoms with van der Waals surface area (Å²) in [7, 11) is -3.78. The summed E-state index contributed by atoms with van der Waals surface area (Å²) in [6.07, 6.45) is 0. The molecule has 0 aliphatic carbocycles. The lowest BCUT2D eigenvalue weighted by molar-refractivity contribution is 0.366. The Hall–Kier alpha value is -0.416. The summed E-state index contributed by atoms with van der Waals surface area (Å²) in [5, 5.41) is 0. The van der Waals surface area contributed by atoms with Gasteiger partial charge < -0.3 is 0 Å². The normalized spacial score (nSPS) is 13.9. The molecule has 0 amide bonds. The van der Waals surface area contributed by atoms with Gasteiger partial charge in [-0.05, 0) is 5.56 Å². The van der Waals surface area contributed by atoms with Crippen LogP contribution in [0.25, 0.3) is 0 Å². The standard InChI is InChI=1S/C13H23FSi2/c1-15(2,3)13(14,16(4,5)6)12-10-8-7-9-11-12/h7-11H,1-6H3. The third kappa shape index (κ3) is 2.16. The molecule has 0 saturated heterocycles. The Morgan fingerprint density at radius 2 is 1.19 bits per heavy atom. The van der Waals surface area contributed by atoms with E-state index in [2.05, 4.69) is 39.3 Å². The van der Waals surface area contributed by atoms with Crippen LogP contribution in [0.2, 0.25) is 39.3 Å². The van der Waals surface area contributed by atoms with Gasteiger partial charge in [-0.15, -0.1) is 0 Å². The Labute approximate surface area is 101 Å². The molecule has 0 atom stereocenters. The molecule has 0 saturated carbocycles. The summed E-state index contributed by atoms with van der Waals surface area (Å²) in [5.41, 5.74) is 0.897. The molecular weight excluding hydrogens is 231 g/mol. The molecule has 90 valence electrons. The fraction of sp³-hybridized carbons (Fsp3) is 0.538. The summed E-state index contributed by atoms with van der Waals surface area (Å²) < 4.78 is 15.7. The zero-order chi connectivity index (χ0) is 12.6. The fourth-order valence-corrected chi connectivity index (χ4v) is 13.7. The van der Waals surface area contributed by atoms with Crippen molar-refractivity contribution in [2.24, 2.45) is 0 Å². The molecule has 16 heavy (non-hydrogen) atoms. The second-order valence-electron chi connectivity index (χ2n) is 6.52. The van der Waals surface area contributed by atoms with E-state index in [0.29, 0.717) is 0 Å². The average molecular weight is 254 g/mol. The van der Waals surface area contributed by atoms with Gasteiger partial charge in [-0.1, -0.05) is 69.6 Å². The van der Waals surface area contributed by atoms with Crippen molar-refractivity contribution < 1.29 is 4.39 Å². The predicted molar refractivity (Wildman–Crippen MR) is 75.9 cm³/mol. The van der Waals surface area contributed by atoms with E-state index in [9.17, 15) is 0 Å². The van der Waals surface area contributed by atoms with Gasteiger partial charge in [0.25, 0.3) is 0 Å². The molecule has 1 aromatic rings. The predicted octanol–water partition coefficient (Wildman–Crippen LogP) is 4.61. The quantitative estimate of drug-likeness (QED) is 0.691. The maximum Gasteiger partial charge on any atom is 0.112 e. The van der Waals surface area contributed by atoms with E-state index in [0.717, 1.165) is 5.56 Å². The van der Waals surface area contributed by atoms with Crippen LogP contribution in [0.15, 0.2) is 30.3 Å². The highest BCUT2D eigenvalue weighted by Crippen LogP contribution is 2.43. The monoisotopic (exact) mass is 254 g/mol. The Bertz CT molecular complexity index is 332. The van der Waals surface area contributed by atoms with Gasteiger partial charge in [-0.3, -0.25) is 0 Å². The van der Waals surface area contributed by atoms with Crippen LogP contribution >= 0.6 is 0 Å². The van der Waals surface area contributed by atoms with Gasteiger partial charge in [-0.2, -0.15) is 0 Å². The van der Waals surface area contributed by atoms with E-state index in [-0.39, 0.29) is 0 Å². The van der Waals surface area contributed by atoms with Crippen molar-refractivity contribution >= 4 is 16.1 Å². The molecule has 0 aliphatic heterocycles. The lowest BCUT2D eigenvalue weighted by Gasteiger charge is -2.45. The van der Waals surface area contributed by atoms with Crippen molar-refractivity contribution in [1.82, 2.24) is 0 Å². The van der Waals surface area contributed by atoms with Crippen LogP contribution < -0.4 is 0 Å². The van der Waals surface area contributed by atoms with E-state index in [4.69, 9.17) is 0 Å². The molecule has 0 spiro atoms. The SMILES string of the molecule is C[Si](C)(C)C(F)(c1ccccc1)[Si](C)(C)C. The Balaban J connectivity index is 3.39. The van der Waals surface area contributed by atoms with Gasteiger partial charge >= 0.3 is 0 Å². The molecule has 0 radical (unpaired) electrons. The van der Waals surface area contributed by atoms with Crippen LogP contribution in [0, 0.1) is 0 Å². The lowest BCUT2D eigenvalue weighted by atomic mass is 10.2. The van der Waals surface area contributed by atoms with Gasteiger partial charge in [0.2, 0.25) is 0 Å². The first-order chi connectivity index (χ1) is 7.11. The second-order valence-corrected chi connectivity index (χ2v) is 17.4. The zero-order valence-electron chi connectivity index (χ0n) is 11.3. The van der Waals surface area contributed by atoms with Crippen LogP contribution in [0.3, 0.4) is 0 Å². The minimum atomic E-state index is -1.89. The molecule has 0 aromatic heterocycles. The highest BCUT2D eigenvalue weighted by Gasteiger charge is 2.54. The number of benzene rings is 1. The molecule has 1 aromatic carbocycles. The molecule has 0 nitrogen and oxygen atoms in total. The molecule has 0 fully saturated rings. The first-order valence-corrected chi connectivity index (χ1v) is 12.8. The molecule has 0 aliphatic rings. The van der Waals surface area contributed by atoms with E-state index in [1.165, 1.54) is 0 Å². The van der Waals surface area contributed by atoms with Crippen LogP contribution in [0.5, 0.6) is 0 Å². The van der Waals surface area contributed by atoms with Crippen molar-refractivity contribution in [3.63, 3.8) is 0 Å². The van der Waals surface area contributed by atoms with Crippen molar-refractivity contribution in [1.29, 1.82) is 0 Å². The zero-order valence-corrected chi connectivity index (χ0v) is 13.3. The lowest BCUT2D eigenvalue weighted by Crippen LogP contribution is -2.60. The van der Waals surface area contributed by atoms with Gasteiger partial charge in [0, 0.05) is 0 Å². The number of hydrogen-bond donors (Lipinski definition) is 0. The number of halogens is 1. The first-order valence-electron chi connectivity index (χ1n) is 5.85. The summed E-state index contributed by atoms with van der Waals surface area (Å²) >= 11 is 0. The van der Waals surface area contributed by atoms with Crippen molar-refractivity contribution in [2.45, 2.75) is 44.2 Å². The van der Waals surface area contributed by atoms with E-state index >= 15 is 4.39 Å². The molecule has 1 rings (SSSR count). The van der Waals surface area contributed by atoms with Crippen LogP contribution in [0.1, 0.15) is 5.56 Å². The maximum absolute atomic E-state index is 15.7. The van der Waals surface area contributed by atoms with Gasteiger partial charge in [-0.25, -0.2) is 4.39 Å². The van der Waals surface area contributed by atoms with E-state index < -0.39 is 21.1 Å². The maximum atomic E-state index is 15.7. The smallest absolute Gasteiger partial charge is 0.112 e. The van der Waals surface area contributed by atoms with Gasteiger partial charge in [0.15, 0.2) is 0 Å². The van der Waals surface area contributed by atoms with Crippen molar-refractivity contribution in [3.05, 3.63) is 35.9 Å². The minimum Gasteiger partial charge on any atom is -0.247 e. The number of alkyl halides is 1. The third-order valence-electron chi connectivity index (χ3n) is 3.24. The summed E-state index contributed by atoms with van der Waals surface area (Å²) in [5.74, 6) is 0.